The molecule has 5 heteroatoms. The molecule has 0 aliphatic rings. The van der Waals surface area contributed by atoms with Gasteiger partial charge in [-0.05, 0) is 40.0 Å². The van der Waals surface area contributed by atoms with Crippen molar-refractivity contribution in [2.75, 3.05) is 6.61 Å². The van der Waals surface area contributed by atoms with Gasteiger partial charge in [-0.2, -0.15) is 0 Å². The van der Waals surface area contributed by atoms with Gasteiger partial charge >= 0.3 is 0 Å². The van der Waals surface area contributed by atoms with Crippen molar-refractivity contribution in [1.82, 2.24) is 0 Å². The molecular weight excluding hydrogens is 272 g/mol. The summed E-state index contributed by atoms with van der Waals surface area (Å²) in [6.07, 6.45) is 0. The fourth-order valence-electron chi connectivity index (χ4n) is 1.09. The first-order chi connectivity index (χ1) is 7.54. The van der Waals surface area contributed by atoms with Crippen molar-refractivity contribution in [3.8, 4) is 5.75 Å². The summed E-state index contributed by atoms with van der Waals surface area (Å²) in [5.41, 5.74) is 6.12. The highest BCUT2D eigenvalue weighted by atomic mass is 79.9. The lowest BCUT2D eigenvalue weighted by Gasteiger charge is -2.11. The van der Waals surface area contributed by atoms with Crippen molar-refractivity contribution >= 4 is 21.8 Å². The van der Waals surface area contributed by atoms with E-state index in [9.17, 15) is 0 Å². The molecule has 1 aromatic carbocycles. The number of nitrogens with two attached hydrogens (primary N) is 1. The molecule has 0 saturated heterocycles. The van der Waals surface area contributed by atoms with Crippen LogP contribution in [0, 0.1) is 5.92 Å². The van der Waals surface area contributed by atoms with E-state index in [-0.39, 0.29) is 5.84 Å². The number of nitrogens with zero attached hydrogens (tertiary/aromatic N) is 1. The van der Waals surface area contributed by atoms with Crippen LogP contribution in [-0.4, -0.2) is 17.6 Å². The summed E-state index contributed by atoms with van der Waals surface area (Å²) in [5, 5.41) is 11.5. The van der Waals surface area contributed by atoms with Crippen molar-refractivity contribution in [1.29, 1.82) is 0 Å². The van der Waals surface area contributed by atoms with Crippen molar-refractivity contribution in [3.63, 3.8) is 0 Å². The monoisotopic (exact) mass is 286 g/mol. The van der Waals surface area contributed by atoms with Gasteiger partial charge in [0.05, 0.1) is 11.1 Å². The Balaban J connectivity index is 2.83. The minimum absolute atomic E-state index is 0.0797. The van der Waals surface area contributed by atoms with E-state index < -0.39 is 0 Å². The van der Waals surface area contributed by atoms with Crippen molar-refractivity contribution in [2.45, 2.75) is 13.8 Å². The maximum atomic E-state index is 8.54. The van der Waals surface area contributed by atoms with Crippen LogP contribution in [0.5, 0.6) is 5.75 Å². The molecule has 0 aliphatic heterocycles. The number of oxime groups is 1. The molecule has 16 heavy (non-hydrogen) atoms. The fraction of sp³-hybridized carbons (Fsp3) is 0.364. The lowest BCUT2D eigenvalue weighted by Crippen LogP contribution is -2.13. The van der Waals surface area contributed by atoms with E-state index in [4.69, 9.17) is 15.7 Å². The van der Waals surface area contributed by atoms with E-state index in [1.807, 2.05) is 0 Å². The molecule has 4 nitrogen and oxygen atoms in total. The van der Waals surface area contributed by atoms with Crippen LogP contribution in [0.4, 0.5) is 0 Å². The topological polar surface area (TPSA) is 67.8 Å². The highest BCUT2D eigenvalue weighted by molar-refractivity contribution is 9.10. The van der Waals surface area contributed by atoms with E-state index in [1.54, 1.807) is 18.2 Å². The number of ether oxygens (including phenoxy) is 1. The average molecular weight is 287 g/mol. The van der Waals surface area contributed by atoms with Gasteiger partial charge < -0.3 is 15.7 Å². The third-order valence-electron chi connectivity index (χ3n) is 1.91. The second-order valence-electron chi connectivity index (χ2n) is 3.84. The Hall–Kier alpha value is -1.23. The molecule has 0 unspecified atom stereocenters. The highest BCUT2D eigenvalue weighted by Gasteiger charge is 2.06. The van der Waals surface area contributed by atoms with Crippen molar-refractivity contribution < 1.29 is 9.94 Å². The molecule has 88 valence electrons. The molecule has 0 heterocycles. The Morgan fingerprint density at radius 3 is 2.75 bits per heavy atom. The van der Waals surface area contributed by atoms with Crippen LogP contribution in [0.2, 0.25) is 0 Å². The van der Waals surface area contributed by atoms with E-state index >= 15 is 0 Å². The summed E-state index contributed by atoms with van der Waals surface area (Å²) in [4.78, 5) is 0. The summed E-state index contributed by atoms with van der Waals surface area (Å²) in [6, 6.07) is 5.29. The molecule has 0 radical (unpaired) electrons. The first-order valence-electron chi connectivity index (χ1n) is 4.95. The molecule has 0 amide bonds. The zero-order valence-corrected chi connectivity index (χ0v) is 10.9. The zero-order valence-electron chi connectivity index (χ0n) is 9.27. The predicted molar refractivity (Wildman–Crippen MR) is 67.0 cm³/mol. The maximum absolute atomic E-state index is 8.54. The van der Waals surface area contributed by atoms with Gasteiger partial charge in [0.25, 0.3) is 0 Å². The standard InChI is InChI=1S/C11H15BrN2O2/c1-7(2)6-16-10-4-3-8(5-9(10)12)11(13)14-15/h3-5,7,15H,6H2,1-2H3,(H2,13,14). The molecule has 0 spiro atoms. The van der Waals surface area contributed by atoms with Crippen LogP contribution in [0.1, 0.15) is 19.4 Å². The third-order valence-corrected chi connectivity index (χ3v) is 2.53. The van der Waals surface area contributed by atoms with E-state index in [2.05, 4.69) is 34.9 Å². The first kappa shape index (κ1) is 12.8. The van der Waals surface area contributed by atoms with Crippen LogP contribution in [0.15, 0.2) is 27.8 Å². The summed E-state index contributed by atoms with van der Waals surface area (Å²) in [6.45, 7) is 4.82. The normalized spacial score (nSPS) is 11.9. The van der Waals surface area contributed by atoms with Gasteiger partial charge in [0.2, 0.25) is 0 Å². The van der Waals surface area contributed by atoms with Crippen LogP contribution in [-0.2, 0) is 0 Å². The van der Waals surface area contributed by atoms with Crippen LogP contribution >= 0.6 is 15.9 Å². The van der Waals surface area contributed by atoms with Gasteiger partial charge in [-0.25, -0.2) is 0 Å². The van der Waals surface area contributed by atoms with Crippen LogP contribution in [0.3, 0.4) is 0 Å². The molecular formula is C11H15BrN2O2. The molecule has 0 aromatic heterocycles. The summed E-state index contributed by atoms with van der Waals surface area (Å²) >= 11 is 3.38. The average Bonchev–Trinajstić information content (AvgIpc) is 2.26. The fourth-order valence-corrected chi connectivity index (χ4v) is 1.58. The number of hydrogen-bond acceptors (Lipinski definition) is 3. The minimum Gasteiger partial charge on any atom is -0.492 e. The minimum atomic E-state index is 0.0797. The number of halogens is 1. The van der Waals surface area contributed by atoms with Crippen molar-refractivity contribution in [3.05, 3.63) is 28.2 Å². The van der Waals surface area contributed by atoms with Crippen molar-refractivity contribution in [2.24, 2.45) is 16.8 Å². The molecule has 1 aromatic rings. The molecule has 0 aliphatic carbocycles. The third kappa shape index (κ3) is 3.41. The summed E-state index contributed by atoms with van der Waals surface area (Å²) < 4.78 is 6.37. The molecule has 1 rings (SSSR count). The number of amidine groups is 1. The number of rotatable bonds is 4. The lowest BCUT2D eigenvalue weighted by molar-refractivity contribution is 0.269. The smallest absolute Gasteiger partial charge is 0.170 e. The Kier molecular flexibility index (Phi) is 4.61. The summed E-state index contributed by atoms with van der Waals surface area (Å²) in [7, 11) is 0. The van der Waals surface area contributed by atoms with Crippen LogP contribution < -0.4 is 10.5 Å². The Morgan fingerprint density at radius 1 is 1.56 bits per heavy atom. The SMILES string of the molecule is CC(C)COc1ccc(/C(N)=N/O)cc1Br. The number of benzene rings is 1. The van der Waals surface area contributed by atoms with Gasteiger partial charge in [-0.1, -0.05) is 19.0 Å². The molecule has 0 saturated carbocycles. The zero-order chi connectivity index (χ0) is 12.1. The maximum Gasteiger partial charge on any atom is 0.170 e. The quantitative estimate of drug-likeness (QED) is 0.387. The molecule has 0 atom stereocenters. The van der Waals surface area contributed by atoms with E-state index in [1.165, 1.54) is 0 Å². The van der Waals surface area contributed by atoms with Gasteiger partial charge in [0.1, 0.15) is 5.75 Å². The van der Waals surface area contributed by atoms with E-state index in [0.717, 1.165) is 10.2 Å². The Morgan fingerprint density at radius 2 is 2.25 bits per heavy atom. The highest BCUT2D eigenvalue weighted by Crippen LogP contribution is 2.26. The van der Waals surface area contributed by atoms with Gasteiger partial charge in [-0.3, -0.25) is 0 Å². The second-order valence-corrected chi connectivity index (χ2v) is 4.69. The van der Waals surface area contributed by atoms with Gasteiger partial charge in [0.15, 0.2) is 5.84 Å². The second kappa shape index (κ2) is 5.75. The Labute approximate surface area is 103 Å². The van der Waals surface area contributed by atoms with E-state index in [0.29, 0.717) is 18.1 Å². The first-order valence-corrected chi connectivity index (χ1v) is 5.74. The number of hydrogen-bond donors (Lipinski definition) is 2. The largest absolute Gasteiger partial charge is 0.492 e. The lowest BCUT2D eigenvalue weighted by atomic mass is 10.2. The predicted octanol–water partition coefficient (Wildman–Crippen LogP) is 2.58. The van der Waals surface area contributed by atoms with Gasteiger partial charge in [-0.15, -0.1) is 0 Å². The molecule has 3 N–H and O–H groups in total. The Bertz CT molecular complexity index is 392. The van der Waals surface area contributed by atoms with Gasteiger partial charge in [0, 0.05) is 5.56 Å². The van der Waals surface area contributed by atoms with Crippen LogP contribution in [0.25, 0.3) is 0 Å². The summed E-state index contributed by atoms with van der Waals surface area (Å²) in [5.74, 6) is 1.30. The molecule has 0 fully saturated rings. The molecule has 0 bridgehead atoms.